The third kappa shape index (κ3) is 2.52. The number of rotatable bonds is 2. The van der Waals surface area contributed by atoms with Crippen LogP contribution < -0.4 is 5.32 Å². The second-order valence-electron chi connectivity index (χ2n) is 4.09. The summed E-state index contributed by atoms with van der Waals surface area (Å²) >= 11 is 13.7. The number of hydrogen-bond acceptors (Lipinski definition) is 4. The van der Waals surface area contributed by atoms with Crippen LogP contribution in [0.15, 0.2) is 29.6 Å². The SMILES string of the molecule is Cc1ccc(Nc2nc(Cl)nc3sccc23)c(Cl)c1. The Balaban J connectivity index is 2.07. The third-order valence-electron chi connectivity index (χ3n) is 2.68. The second kappa shape index (κ2) is 4.96. The number of thiophene rings is 1. The monoisotopic (exact) mass is 309 g/mol. The summed E-state index contributed by atoms with van der Waals surface area (Å²) in [6.45, 7) is 1.99. The second-order valence-corrected chi connectivity index (χ2v) is 5.73. The van der Waals surface area contributed by atoms with Gasteiger partial charge in [0.1, 0.15) is 10.6 Å². The van der Waals surface area contributed by atoms with Crippen molar-refractivity contribution < 1.29 is 0 Å². The number of nitrogens with zero attached hydrogens (tertiary/aromatic N) is 2. The van der Waals surface area contributed by atoms with Gasteiger partial charge in [-0.2, -0.15) is 4.98 Å². The molecule has 3 aromatic rings. The molecular weight excluding hydrogens is 301 g/mol. The molecule has 0 atom stereocenters. The van der Waals surface area contributed by atoms with E-state index < -0.39 is 0 Å². The lowest BCUT2D eigenvalue weighted by molar-refractivity contribution is 1.23. The lowest BCUT2D eigenvalue weighted by atomic mass is 10.2. The van der Waals surface area contributed by atoms with Gasteiger partial charge in [-0.3, -0.25) is 0 Å². The van der Waals surface area contributed by atoms with E-state index in [4.69, 9.17) is 23.2 Å². The highest BCUT2D eigenvalue weighted by molar-refractivity contribution is 7.16. The summed E-state index contributed by atoms with van der Waals surface area (Å²) in [4.78, 5) is 9.25. The highest BCUT2D eigenvalue weighted by Crippen LogP contribution is 2.31. The minimum atomic E-state index is 0.223. The van der Waals surface area contributed by atoms with Crippen molar-refractivity contribution in [3.63, 3.8) is 0 Å². The van der Waals surface area contributed by atoms with E-state index in [0.717, 1.165) is 21.5 Å². The Kier molecular flexibility index (Phi) is 3.31. The van der Waals surface area contributed by atoms with Crippen LogP contribution >= 0.6 is 34.5 Å². The Morgan fingerprint density at radius 2 is 2.00 bits per heavy atom. The summed E-state index contributed by atoms with van der Waals surface area (Å²) in [6.07, 6.45) is 0. The van der Waals surface area contributed by atoms with Crippen LogP contribution in [0.5, 0.6) is 0 Å². The number of benzene rings is 1. The fraction of sp³-hybridized carbons (Fsp3) is 0.0769. The number of nitrogens with one attached hydrogen (secondary N) is 1. The summed E-state index contributed by atoms with van der Waals surface area (Å²) in [5.41, 5.74) is 1.91. The minimum absolute atomic E-state index is 0.223. The number of aryl methyl sites for hydroxylation is 1. The van der Waals surface area contributed by atoms with E-state index in [1.165, 1.54) is 11.3 Å². The van der Waals surface area contributed by atoms with Crippen LogP contribution in [0.3, 0.4) is 0 Å². The van der Waals surface area contributed by atoms with E-state index in [-0.39, 0.29) is 5.28 Å². The van der Waals surface area contributed by atoms with E-state index in [9.17, 15) is 0 Å². The zero-order valence-electron chi connectivity index (χ0n) is 9.95. The minimum Gasteiger partial charge on any atom is -0.338 e. The molecule has 6 heteroatoms. The molecule has 0 saturated heterocycles. The Morgan fingerprint density at radius 3 is 2.79 bits per heavy atom. The molecule has 1 N–H and O–H groups in total. The molecule has 19 heavy (non-hydrogen) atoms. The van der Waals surface area contributed by atoms with Crippen molar-refractivity contribution in [1.82, 2.24) is 9.97 Å². The maximum Gasteiger partial charge on any atom is 0.225 e. The molecule has 0 bridgehead atoms. The molecule has 0 spiro atoms. The van der Waals surface area contributed by atoms with E-state index in [2.05, 4.69) is 15.3 Å². The number of halogens is 2. The Hall–Kier alpha value is -1.36. The van der Waals surface area contributed by atoms with Crippen LogP contribution in [0.25, 0.3) is 10.2 Å². The Labute approximate surface area is 124 Å². The van der Waals surface area contributed by atoms with Gasteiger partial charge in [0, 0.05) is 0 Å². The molecule has 0 aliphatic heterocycles. The summed E-state index contributed by atoms with van der Waals surface area (Å²) in [5.74, 6) is 0.669. The molecule has 0 aliphatic carbocycles. The van der Waals surface area contributed by atoms with Gasteiger partial charge in [-0.15, -0.1) is 11.3 Å². The standard InChI is InChI=1S/C13H9Cl2N3S/c1-7-2-3-10(9(14)6-7)16-11-8-4-5-19-12(8)18-13(15)17-11/h2-6H,1H3,(H,16,17,18). The van der Waals surface area contributed by atoms with Crippen LogP contribution in [0.1, 0.15) is 5.56 Å². The zero-order valence-corrected chi connectivity index (χ0v) is 12.3. The van der Waals surface area contributed by atoms with Crippen LogP contribution in [-0.2, 0) is 0 Å². The largest absolute Gasteiger partial charge is 0.338 e. The van der Waals surface area contributed by atoms with E-state index in [0.29, 0.717) is 10.8 Å². The molecule has 0 aliphatic rings. The number of aromatic nitrogens is 2. The topological polar surface area (TPSA) is 37.8 Å². The van der Waals surface area contributed by atoms with Crippen molar-refractivity contribution in [2.75, 3.05) is 5.32 Å². The van der Waals surface area contributed by atoms with Gasteiger partial charge in [0.25, 0.3) is 0 Å². The molecule has 96 valence electrons. The summed E-state index contributed by atoms with van der Waals surface area (Å²) in [5, 5.41) is 6.97. The van der Waals surface area contributed by atoms with Crippen molar-refractivity contribution >= 4 is 56.3 Å². The first-order valence-electron chi connectivity index (χ1n) is 5.57. The van der Waals surface area contributed by atoms with Crippen molar-refractivity contribution in [2.45, 2.75) is 6.92 Å². The first-order valence-corrected chi connectivity index (χ1v) is 7.21. The summed E-state index contributed by atoms with van der Waals surface area (Å²) < 4.78 is 0. The fourth-order valence-corrected chi connectivity index (χ4v) is 3.04. The van der Waals surface area contributed by atoms with Gasteiger partial charge in [-0.1, -0.05) is 17.7 Å². The Bertz CT molecular complexity index is 755. The molecule has 0 radical (unpaired) electrons. The summed E-state index contributed by atoms with van der Waals surface area (Å²) in [6, 6.07) is 7.77. The van der Waals surface area contributed by atoms with Crippen LogP contribution in [0.4, 0.5) is 11.5 Å². The van der Waals surface area contributed by atoms with Gasteiger partial charge in [0.2, 0.25) is 5.28 Å². The molecule has 2 heterocycles. The van der Waals surface area contributed by atoms with Crippen LogP contribution in [0, 0.1) is 6.92 Å². The van der Waals surface area contributed by atoms with Crippen molar-refractivity contribution in [2.24, 2.45) is 0 Å². The number of fused-ring (bicyclic) bond motifs is 1. The molecular formula is C13H9Cl2N3S. The van der Waals surface area contributed by atoms with Crippen molar-refractivity contribution in [3.05, 3.63) is 45.5 Å². The van der Waals surface area contributed by atoms with Gasteiger partial charge >= 0.3 is 0 Å². The van der Waals surface area contributed by atoms with E-state index >= 15 is 0 Å². The lowest BCUT2D eigenvalue weighted by Gasteiger charge is -2.09. The highest BCUT2D eigenvalue weighted by Gasteiger charge is 2.09. The molecule has 0 saturated carbocycles. The van der Waals surface area contributed by atoms with E-state index in [1.54, 1.807) is 0 Å². The zero-order chi connectivity index (χ0) is 13.4. The highest BCUT2D eigenvalue weighted by atomic mass is 35.5. The third-order valence-corrected chi connectivity index (χ3v) is 3.96. The van der Waals surface area contributed by atoms with Crippen LogP contribution in [-0.4, -0.2) is 9.97 Å². The maximum absolute atomic E-state index is 6.21. The smallest absolute Gasteiger partial charge is 0.225 e. The average molecular weight is 310 g/mol. The molecule has 0 amide bonds. The first-order chi connectivity index (χ1) is 9.13. The average Bonchev–Trinajstić information content (AvgIpc) is 2.80. The Morgan fingerprint density at radius 1 is 1.16 bits per heavy atom. The van der Waals surface area contributed by atoms with Gasteiger partial charge in [-0.05, 0) is 47.7 Å². The molecule has 1 aromatic carbocycles. The summed E-state index contributed by atoms with van der Waals surface area (Å²) in [7, 11) is 0. The fourth-order valence-electron chi connectivity index (χ4n) is 1.77. The number of hydrogen-bond donors (Lipinski definition) is 1. The lowest BCUT2D eigenvalue weighted by Crippen LogP contribution is -1.96. The van der Waals surface area contributed by atoms with Crippen molar-refractivity contribution in [1.29, 1.82) is 0 Å². The maximum atomic E-state index is 6.21. The first kappa shape index (κ1) is 12.7. The van der Waals surface area contributed by atoms with Crippen molar-refractivity contribution in [3.8, 4) is 0 Å². The number of anilines is 2. The molecule has 2 aromatic heterocycles. The van der Waals surface area contributed by atoms with Gasteiger partial charge in [0.05, 0.1) is 16.1 Å². The van der Waals surface area contributed by atoms with Gasteiger partial charge < -0.3 is 5.32 Å². The predicted octanol–water partition coefficient (Wildman–Crippen LogP) is 5.05. The van der Waals surface area contributed by atoms with E-state index in [1.807, 2.05) is 36.6 Å². The quantitative estimate of drug-likeness (QED) is 0.673. The molecule has 0 unspecified atom stereocenters. The molecule has 3 rings (SSSR count). The molecule has 3 nitrogen and oxygen atoms in total. The predicted molar refractivity (Wildman–Crippen MR) is 81.9 cm³/mol. The normalized spacial score (nSPS) is 10.9. The van der Waals surface area contributed by atoms with Gasteiger partial charge in [-0.25, -0.2) is 4.98 Å². The molecule has 0 fully saturated rings. The van der Waals surface area contributed by atoms with Gasteiger partial charge in [0.15, 0.2) is 0 Å². The van der Waals surface area contributed by atoms with Crippen LogP contribution in [0.2, 0.25) is 10.3 Å².